The smallest absolute Gasteiger partial charge is 0.305 e. The largest absolute Gasteiger partial charge is 0.419 e. The second kappa shape index (κ2) is 9.09. The number of amides is 1. The number of carbonyl (C=O) groups excluding carboxylic acids is 1. The van der Waals surface area contributed by atoms with Crippen LogP contribution in [0.15, 0.2) is 30.5 Å². The van der Waals surface area contributed by atoms with Gasteiger partial charge in [0.1, 0.15) is 12.1 Å². The van der Waals surface area contributed by atoms with Crippen LogP contribution in [0.3, 0.4) is 0 Å². The van der Waals surface area contributed by atoms with Gasteiger partial charge >= 0.3 is 6.18 Å². The summed E-state index contributed by atoms with van der Waals surface area (Å²) in [6, 6.07) is 6.27. The Labute approximate surface area is 205 Å². The minimum absolute atomic E-state index is 0.000865. The number of hydrogen-bond donors (Lipinski definition) is 1. The molecule has 1 saturated heterocycles. The van der Waals surface area contributed by atoms with E-state index in [2.05, 4.69) is 9.71 Å². The van der Waals surface area contributed by atoms with Crippen LogP contribution in [-0.2, 0) is 27.4 Å². The highest BCUT2D eigenvalue weighted by atomic mass is 32.2. The van der Waals surface area contributed by atoms with Gasteiger partial charge in [-0.05, 0) is 61.3 Å². The van der Waals surface area contributed by atoms with E-state index in [4.69, 9.17) is 17.5 Å². The summed E-state index contributed by atoms with van der Waals surface area (Å²) < 4.78 is 67.3. The second-order valence-electron chi connectivity index (χ2n) is 8.20. The predicted octanol–water partition coefficient (Wildman–Crippen LogP) is 3.97. The fourth-order valence-electron chi connectivity index (χ4n) is 4.18. The summed E-state index contributed by atoms with van der Waals surface area (Å²) in [6.45, 7) is 1.90. The van der Waals surface area contributed by atoms with Crippen molar-refractivity contribution >= 4 is 50.3 Å². The van der Waals surface area contributed by atoms with Crippen LogP contribution in [0, 0.1) is 11.3 Å². The van der Waals surface area contributed by atoms with Gasteiger partial charge in [-0.15, -0.1) is 0 Å². The van der Waals surface area contributed by atoms with E-state index in [1.165, 1.54) is 6.07 Å². The number of nitrogens with one attached hydrogen (secondary N) is 1. The SMILES string of the molecule is CCCCS(=O)(=O)Nc1ccc2c(c1)CCC1C(=O)N(c3cnc(C#N)c(C(F)(F)F)c3)C(=S)N21. The topological polar surface area (TPSA) is 106 Å². The van der Waals surface area contributed by atoms with Gasteiger partial charge in [-0.25, -0.2) is 13.4 Å². The molecule has 35 heavy (non-hydrogen) atoms. The van der Waals surface area contributed by atoms with E-state index in [0.29, 0.717) is 36.7 Å². The lowest BCUT2D eigenvalue weighted by molar-refractivity contribution is -0.138. The van der Waals surface area contributed by atoms with Crippen LogP contribution >= 0.6 is 12.2 Å². The molecule has 184 valence electrons. The zero-order valence-corrected chi connectivity index (χ0v) is 20.1. The van der Waals surface area contributed by atoms with Crippen molar-refractivity contribution in [3.63, 3.8) is 0 Å². The van der Waals surface area contributed by atoms with Gasteiger partial charge in [-0.3, -0.25) is 14.4 Å². The van der Waals surface area contributed by atoms with Crippen LogP contribution in [0.4, 0.5) is 30.2 Å². The summed E-state index contributed by atoms with van der Waals surface area (Å²) in [6.07, 6.45) is -1.76. The van der Waals surface area contributed by atoms with Gasteiger partial charge < -0.3 is 4.90 Å². The molecule has 2 aromatic rings. The van der Waals surface area contributed by atoms with Crippen LogP contribution in [0.2, 0.25) is 0 Å². The Morgan fingerprint density at radius 3 is 2.71 bits per heavy atom. The van der Waals surface area contributed by atoms with Crippen molar-refractivity contribution in [1.82, 2.24) is 4.98 Å². The molecule has 1 aromatic heterocycles. The van der Waals surface area contributed by atoms with Gasteiger partial charge in [0.05, 0.1) is 23.2 Å². The molecule has 2 aliphatic rings. The quantitative estimate of drug-likeness (QED) is 0.571. The van der Waals surface area contributed by atoms with Crippen molar-refractivity contribution in [2.24, 2.45) is 0 Å². The minimum atomic E-state index is -4.83. The van der Waals surface area contributed by atoms with Crippen LogP contribution in [0.5, 0.6) is 0 Å². The molecule has 1 fully saturated rings. The zero-order valence-electron chi connectivity index (χ0n) is 18.5. The van der Waals surface area contributed by atoms with Crippen molar-refractivity contribution in [2.75, 3.05) is 20.3 Å². The third-order valence-electron chi connectivity index (χ3n) is 5.82. The number of hydrogen-bond acceptors (Lipinski definition) is 6. The van der Waals surface area contributed by atoms with E-state index in [9.17, 15) is 26.4 Å². The first kappa shape index (κ1) is 24.9. The van der Waals surface area contributed by atoms with E-state index in [1.807, 2.05) is 6.92 Å². The summed E-state index contributed by atoms with van der Waals surface area (Å²) in [4.78, 5) is 19.3. The number of benzene rings is 1. The number of fused-ring (bicyclic) bond motifs is 3. The van der Waals surface area contributed by atoms with Crippen LogP contribution in [0.25, 0.3) is 0 Å². The van der Waals surface area contributed by atoms with Gasteiger partial charge in [0.15, 0.2) is 10.8 Å². The zero-order chi connectivity index (χ0) is 25.5. The highest BCUT2D eigenvalue weighted by Gasteiger charge is 2.47. The number of alkyl halides is 3. The first-order valence-corrected chi connectivity index (χ1v) is 12.8. The standard InChI is InChI=1S/C22H20F3N5O3S2/c1-2-3-8-35(32,33)28-14-5-7-18-13(9-14)4-6-19-20(31)29(21(34)30(18)19)15-10-16(22(23,24)25)17(11-26)27-12-15/h5,7,9-10,12,19,28H,2-4,6,8H2,1H3. The number of aryl methyl sites for hydroxylation is 1. The first-order chi connectivity index (χ1) is 16.5. The summed E-state index contributed by atoms with van der Waals surface area (Å²) in [7, 11) is -3.50. The maximum atomic E-state index is 13.4. The Morgan fingerprint density at radius 2 is 2.06 bits per heavy atom. The number of thiocarbonyl (C=S) groups is 1. The van der Waals surface area contributed by atoms with E-state index in [-0.39, 0.29) is 16.6 Å². The molecular formula is C22H20F3N5O3S2. The number of pyridine rings is 1. The van der Waals surface area contributed by atoms with E-state index >= 15 is 0 Å². The van der Waals surface area contributed by atoms with Crippen molar-refractivity contribution < 1.29 is 26.4 Å². The Bertz CT molecular complexity index is 1360. The molecule has 0 aliphatic carbocycles. The maximum Gasteiger partial charge on any atom is 0.419 e. The number of sulfonamides is 1. The van der Waals surface area contributed by atoms with Crippen molar-refractivity contribution in [3.8, 4) is 6.07 Å². The highest BCUT2D eigenvalue weighted by molar-refractivity contribution is 7.92. The Morgan fingerprint density at radius 1 is 1.31 bits per heavy atom. The molecule has 1 aromatic carbocycles. The number of aromatic nitrogens is 1. The van der Waals surface area contributed by atoms with E-state index in [1.54, 1.807) is 23.1 Å². The van der Waals surface area contributed by atoms with Gasteiger partial charge in [0.25, 0.3) is 5.91 Å². The van der Waals surface area contributed by atoms with Crippen LogP contribution in [-0.4, -0.2) is 36.2 Å². The van der Waals surface area contributed by atoms with Gasteiger partial charge in [0, 0.05) is 11.4 Å². The molecule has 0 saturated carbocycles. The second-order valence-corrected chi connectivity index (χ2v) is 10.4. The van der Waals surface area contributed by atoms with Gasteiger partial charge in [0.2, 0.25) is 10.0 Å². The Balaban J connectivity index is 1.66. The average Bonchev–Trinajstić information content (AvgIpc) is 3.06. The summed E-state index contributed by atoms with van der Waals surface area (Å²) in [5, 5.41) is 8.97. The molecule has 1 amide bonds. The fourth-order valence-corrected chi connectivity index (χ4v) is 5.86. The molecule has 1 N–H and O–H groups in total. The number of carbonyl (C=O) groups is 1. The Kier molecular flexibility index (Phi) is 6.46. The number of anilines is 3. The van der Waals surface area contributed by atoms with Crippen molar-refractivity contribution in [3.05, 3.63) is 47.3 Å². The van der Waals surface area contributed by atoms with E-state index in [0.717, 1.165) is 23.1 Å². The number of rotatable bonds is 6. The fraction of sp³-hybridized carbons (Fsp3) is 0.364. The summed E-state index contributed by atoms with van der Waals surface area (Å²) in [5.74, 6) is -0.495. The normalized spacial score (nSPS) is 17.7. The molecule has 4 rings (SSSR count). The highest BCUT2D eigenvalue weighted by Crippen LogP contribution is 2.40. The van der Waals surface area contributed by atoms with Crippen LogP contribution < -0.4 is 14.5 Å². The molecule has 0 bridgehead atoms. The molecule has 13 heteroatoms. The molecule has 1 unspecified atom stereocenters. The Hall–Kier alpha value is -3.24. The summed E-state index contributed by atoms with van der Waals surface area (Å²) in [5.41, 5.74) is -0.506. The third-order valence-corrected chi connectivity index (χ3v) is 7.58. The molecule has 0 radical (unpaired) electrons. The molecule has 8 nitrogen and oxygen atoms in total. The average molecular weight is 524 g/mol. The molecule has 1 atom stereocenters. The van der Waals surface area contributed by atoms with Crippen LogP contribution in [0.1, 0.15) is 43.0 Å². The summed E-state index contributed by atoms with van der Waals surface area (Å²) >= 11 is 5.49. The lowest BCUT2D eigenvalue weighted by atomic mass is 9.96. The minimum Gasteiger partial charge on any atom is -0.305 e. The molecular weight excluding hydrogens is 503 g/mol. The van der Waals surface area contributed by atoms with Crippen molar-refractivity contribution in [1.29, 1.82) is 5.26 Å². The molecule has 3 heterocycles. The third kappa shape index (κ3) is 4.68. The number of unbranched alkanes of at least 4 members (excludes halogenated alkanes) is 1. The number of nitriles is 1. The van der Waals surface area contributed by atoms with Gasteiger partial charge in [-0.1, -0.05) is 13.3 Å². The van der Waals surface area contributed by atoms with E-state index < -0.39 is 39.4 Å². The van der Waals surface area contributed by atoms with Crippen molar-refractivity contribution in [2.45, 2.75) is 44.8 Å². The maximum absolute atomic E-state index is 13.4. The number of halogens is 3. The molecule has 0 spiro atoms. The monoisotopic (exact) mass is 523 g/mol. The predicted molar refractivity (Wildman–Crippen MR) is 127 cm³/mol. The lowest BCUT2D eigenvalue weighted by Gasteiger charge is -2.31. The number of nitrogens with zero attached hydrogens (tertiary/aromatic N) is 4. The van der Waals surface area contributed by atoms with Gasteiger partial charge in [-0.2, -0.15) is 18.4 Å². The first-order valence-electron chi connectivity index (χ1n) is 10.7. The molecule has 2 aliphatic heterocycles. The lowest BCUT2D eigenvalue weighted by Crippen LogP contribution is -2.39.